The van der Waals surface area contributed by atoms with E-state index in [1.54, 1.807) is 6.92 Å². The van der Waals surface area contributed by atoms with E-state index in [1.165, 1.54) is 4.90 Å². The second-order valence-corrected chi connectivity index (χ2v) is 6.07. The SMILES string of the molecule is CCOC(=O)CN1C(=O)[C@@H](N)CCc2ccccc21.O=C(O)[C@H](O)[C@@H](O)C(=O)O. The van der Waals surface area contributed by atoms with E-state index in [9.17, 15) is 19.2 Å². The molecule has 0 radical (unpaired) electrons. The van der Waals surface area contributed by atoms with Crippen LogP contribution in [0.25, 0.3) is 0 Å². The molecule has 1 aromatic rings. The van der Waals surface area contributed by atoms with Crippen LogP contribution in [0.15, 0.2) is 24.3 Å². The van der Waals surface area contributed by atoms with Crippen LogP contribution in [0.2, 0.25) is 0 Å². The van der Waals surface area contributed by atoms with Gasteiger partial charge in [0.15, 0.2) is 12.2 Å². The molecule has 0 aliphatic carbocycles. The van der Waals surface area contributed by atoms with Crippen LogP contribution in [0.5, 0.6) is 0 Å². The number of amides is 1. The Morgan fingerprint density at radius 1 is 1.17 bits per heavy atom. The lowest BCUT2D eigenvalue weighted by molar-refractivity contribution is -0.165. The smallest absolute Gasteiger partial charge is 0.335 e. The van der Waals surface area contributed by atoms with Crippen LogP contribution < -0.4 is 10.6 Å². The van der Waals surface area contributed by atoms with Crippen LogP contribution in [0.4, 0.5) is 5.69 Å². The fraction of sp³-hybridized carbons (Fsp3) is 0.444. The maximum Gasteiger partial charge on any atom is 0.335 e. The van der Waals surface area contributed by atoms with Crippen molar-refractivity contribution in [2.24, 2.45) is 5.73 Å². The summed E-state index contributed by atoms with van der Waals surface area (Å²) in [6.45, 7) is 1.95. The summed E-state index contributed by atoms with van der Waals surface area (Å²) in [5, 5.41) is 32.5. The Kier molecular flexibility index (Phi) is 9.19. The van der Waals surface area contributed by atoms with Crippen LogP contribution in [0.3, 0.4) is 0 Å². The molecule has 0 spiro atoms. The van der Waals surface area contributed by atoms with Gasteiger partial charge in [0.1, 0.15) is 6.54 Å². The van der Waals surface area contributed by atoms with Crippen molar-refractivity contribution < 1.29 is 44.3 Å². The number of para-hydroxylation sites is 1. The molecule has 1 amide bonds. The van der Waals surface area contributed by atoms with Crippen LogP contribution >= 0.6 is 0 Å². The normalized spacial score (nSPS) is 17.7. The maximum absolute atomic E-state index is 12.2. The zero-order valence-corrected chi connectivity index (χ0v) is 15.7. The number of fused-ring (bicyclic) bond motifs is 1. The lowest BCUT2D eigenvalue weighted by atomic mass is 10.1. The van der Waals surface area contributed by atoms with Gasteiger partial charge < -0.3 is 30.9 Å². The number of anilines is 1. The first-order valence-electron chi connectivity index (χ1n) is 8.72. The summed E-state index contributed by atoms with van der Waals surface area (Å²) in [5.41, 5.74) is 7.65. The van der Waals surface area contributed by atoms with Gasteiger partial charge in [-0.15, -0.1) is 0 Å². The molecule has 0 saturated carbocycles. The summed E-state index contributed by atoms with van der Waals surface area (Å²) in [4.78, 5) is 44.8. The average molecular weight is 412 g/mol. The largest absolute Gasteiger partial charge is 0.479 e. The molecule has 0 saturated heterocycles. The van der Waals surface area contributed by atoms with Crippen molar-refractivity contribution >= 4 is 29.5 Å². The molecule has 0 bridgehead atoms. The number of esters is 1. The van der Waals surface area contributed by atoms with Crippen molar-refractivity contribution in [3.63, 3.8) is 0 Å². The number of aryl methyl sites for hydroxylation is 1. The lowest BCUT2D eigenvalue weighted by Crippen LogP contribution is -2.45. The molecule has 0 fully saturated rings. The van der Waals surface area contributed by atoms with E-state index in [1.807, 2.05) is 24.3 Å². The van der Waals surface area contributed by atoms with Gasteiger partial charge in [-0.2, -0.15) is 0 Å². The van der Waals surface area contributed by atoms with E-state index in [0.717, 1.165) is 17.7 Å². The fourth-order valence-corrected chi connectivity index (χ4v) is 2.51. The maximum atomic E-state index is 12.2. The van der Waals surface area contributed by atoms with Gasteiger partial charge in [0.25, 0.3) is 0 Å². The van der Waals surface area contributed by atoms with Gasteiger partial charge in [-0.05, 0) is 31.4 Å². The van der Waals surface area contributed by atoms with Crippen LogP contribution in [-0.2, 0) is 30.3 Å². The van der Waals surface area contributed by atoms with Crippen molar-refractivity contribution in [3.8, 4) is 0 Å². The predicted molar refractivity (Wildman–Crippen MR) is 99.0 cm³/mol. The number of nitrogens with zero attached hydrogens (tertiary/aromatic N) is 1. The van der Waals surface area contributed by atoms with E-state index in [4.69, 9.17) is 30.9 Å². The number of hydrogen-bond acceptors (Lipinski definition) is 8. The van der Waals surface area contributed by atoms with Crippen LogP contribution in [0.1, 0.15) is 18.9 Å². The average Bonchev–Trinajstić information content (AvgIpc) is 2.79. The third-order valence-electron chi connectivity index (χ3n) is 3.99. The summed E-state index contributed by atoms with van der Waals surface area (Å²) in [6, 6.07) is 6.99. The molecule has 0 aromatic heterocycles. The molecule has 11 nitrogen and oxygen atoms in total. The summed E-state index contributed by atoms with van der Waals surface area (Å²) in [7, 11) is 0. The molecule has 6 N–H and O–H groups in total. The Balaban J connectivity index is 0.000000359. The summed E-state index contributed by atoms with van der Waals surface area (Å²) < 4.78 is 4.91. The second kappa shape index (κ2) is 11.1. The summed E-state index contributed by atoms with van der Waals surface area (Å²) in [6.07, 6.45) is -3.20. The lowest BCUT2D eigenvalue weighted by Gasteiger charge is -2.23. The Labute approximate surface area is 166 Å². The van der Waals surface area contributed by atoms with Crippen molar-refractivity contribution in [3.05, 3.63) is 29.8 Å². The number of benzene rings is 1. The van der Waals surface area contributed by atoms with E-state index in [-0.39, 0.29) is 12.5 Å². The highest BCUT2D eigenvalue weighted by Gasteiger charge is 2.30. The minimum absolute atomic E-state index is 0.0859. The van der Waals surface area contributed by atoms with Gasteiger partial charge in [-0.3, -0.25) is 14.5 Å². The van der Waals surface area contributed by atoms with E-state index < -0.39 is 36.2 Å². The highest BCUT2D eigenvalue weighted by atomic mass is 16.5. The highest BCUT2D eigenvalue weighted by molar-refractivity contribution is 6.01. The molecule has 160 valence electrons. The summed E-state index contributed by atoms with van der Waals surface area (Å²) in [5.74, 6) is -4.18. The van der Waals surface area contributed by atoms with Crippen molar-refractivity contribution in [1.82, 2.24) is 0 Å². The van der Waals surface area contributed by atoms with E-state index >= 15 is 0 Å². The quantitative estimate of drug-likeness (QED) is 0.353. The van der Waals surface area contributed by atoms with Crippen molar-refractivity contribution in [1.29, 1.82) is 0 Å². The molecule has 1 aromatic carbocycles. The molecule has 1 aliphatic rings. The molecule has 3 atom stereocenters. The topological polar surface area (TPSA) is 188 Å². The zero-order valence-electron chi connectivity index (χ0n) is 15.7. The number of carboxylic acid groups (broad SMARTS) is 2. The van der Waals surface area contributed by atoms with Crippen molar-refractivity contribution in [2.45, 2.75) is 38.0 Å². The minimum Gasteiger partial charge on any atom is -0.479 e. The van der Waals surface area contributed by atoms with Gasteiger partial charge in [-0.1, -0.05) is 18.2 Å². The highest BCUT2D eigenvalue weighted by Crippen LogP contribution is 2.26. The standard InChI is InChI=1S/C14H18N2O3.C4H6O6/c1-2-19-13(17)9-16-12-6-4-3-5-10(12)7-8-11(15)14(16)18;5-1(3(7)8)2(6)4(9)10/h3-6,11H,2,7-9,15H2,1H3;1-2,5-6H,(H,7,8)(H,9,10)/t11-;1-,2-/m01/s1. The summed E-state index contributed by atoms with van der Waals surface area (Å²) >= 11 is 0. The molecule has 1 heterocycles. The number of carboxylic acids is 2. The number of aliphatic hydroxyl groups is 2. The number of carbonyl (C=O) groups excluding carboxylic acids is 2. The van der Waals surface area contributed by atoms with Crippen LogP contribution in [-0.4, -0.2) is 75.6 Å². The first-order chi connectivity index (χ1) is 13.6. The predicted octanol–water partition coefficient (Wildman–Crippen LogP) is -1.27. The first-order valence-corrected chi connectivity index (χ1v) is 8.72. The van der Waals surface area contributed by atoms with Gasteiger partial charge in [0, 0.05) is 5.69 Å². The molecule has 2 rings (SSSR count). The van der Waals surface area contributed by atoms with E-state index in [2.05, 4.69) is 0 Å². The Morgan fingerprint density at radius 2 is 1.72 bits per heavy atom. The van der Waals surface area contributed by atoms with Gasteiger partial charge in [0.2, 0.25) is 5.91 Å². The van der Waals surface area contributed by atoms with Crippen LogP contribution in [0, 0.1) is 0 Å². The molecular weight excluding hydrogens is 388 g/mol. The number of aliphatic hydroxyl groups excluding tert-OH is 2. The Bertz CT molecular complexity index is 735. The van der Waals surface area contributed by atoms with Gasteiger partial charge in [0.05, 0.1) is 12.6 Å². The molecular formula is C18H24N2O9. The zero-order chi connectivity index (χ0) is 22.1. The molecule has 11 heteroatoms. The minimum atomic E-state index is -2.27. The van der Waals surface area contributed by atoms with E-state index in [0.29, 0.717) is 13.0 Å². The molecule has 29 heavy (non-hydrogen) atoms. The third kappa shape index (κ3) is 6.82. The Morgan fingerprint density at radius 3 is 2.24 bits per heavy atom. The molecule has 0 unspecified atom stereocenters. The number of hydrogen-bond donors (Lipinski definition) is 5. The number of nitrogens with two attached hydrogens (primary N) is 1. The third-order valence-corrected chi connectivity index (χ3v) is 3.99. The van der Waals surface area contributed by atoms with Gasteiger partial charge >= 0.3 is 17.9 Å². The second-order valence-electron chi connectivity index (χ2n) is 6.07. The van der Waals surface area contributed by atoms with Gasteiger partial charge in [-0.25, -0.2) is 9.59 Å². The number of aliphatic carboxylic acids is 2. The fourth-order valence-electron chi connectivity index (χ4n) is 2.51. The molecule has 1 aliphatic heterocycles. The number of ether oxygens (including phenoxy) is 1. The monoisotopic (exact) mass is 412 g/mol. The number of rotatable bonds is 6. The van der Waals surface area contributed by atoms with Crippen molar-refractivity contribution in [2.75, 3.05) is 18.1 Å². The Hall–Kier alpha value is -3.02. The number of carbonyl (C=O) groups is 4. The first kappa shape index (κ1) is 24.0.